The van der Waals surface area contributed by atoms with E-state index in [2.05, 4.69) is 42.2 Å². The number of hydrogen-bond acceptors (Lipinski definition) is 3. The summed E-state index contributed by atoms with van der Waals surface area (Å²) < 4.78 is 14.2. The molecular formula is C11H8Br2FN3. The normalized spacial score (nSPS) is 10.3. The molecule has 0 aliphatic heterocycles. The zero-order valence-corrected chi connectivity index (χ0v) is 11.7. The molecule has 0 saturated carbocycles. The minimum Gasteiger partial charge on any atom is -0.397 e. The van der Waals surface area contributed by atoms with Crippen molar-refractivity contribution >= 4 is 49.1 Å². The lowest BCUT2D eigenvalue weighted by atomic mass is 10.3. The van der Waals surface area contributed by atoms with Crippen molar-refractivity contribution in [2.75, 3.05) is 11.1 Å². The highest BCUT2D eigenvalue weighted by atomic mass is 79.9. The quantitative estimate of drug-likeness (QED) is 0.848. The third-order valence-electron chi connectivity index (χ3n) is 2.04. The van der Waals surface area contributed by atoms with Crippen LogP contribution in [0.15, 0.2) is 39.4 Å². The minimum absolute atomic E-state index is 0.306. The third-order valence-corrected chi connectivity index (χ3v) is 3.26. The van der Waals surface area contributed by atoms with Gasteiger partial charge in [-0.05, 0) is 56.1 Å². The molecule has 6 heteroatoms. The van der Waals surface area contributed by atoms with E-state index < -0.39 is 0 Å². The predicted molar refractivity (Wildman–Crippen MR) is 73.7 cm³/mol. The summed E-state index contributed by atoms with van der Waals surface area (Å²) in [7, 11) is 0. The average Bonchev–Trinajstić information content (AvgIpc) is 2.27. The van der Waals surface area contributed by atoms with E-state index in [9.17, 15) is 4.39 Å². The fraction of sp³-hybridized carbons (Fsp3) is 0. The summed E-state index contributed by atoms with van der Waals surface area (Å²) in [6.45, 7) is 0. The van der Waals surface area contributed by atoms with E-state index in [1.807, 2.05) is 0 Å². The zero-order chi connectivity index (χ0) is 12.4. The van der Waals surface area contributed by atoms with Crippen LogP contribution in [0.2, 0.25) is 0 Å². The van der Waals surface area contributed by atoms with Crippen molar-refractivity contribution in [3.8, 4) is 0 Å². The molecule has 1 heterocycles. The third kappa shape index (κ3) is 2.95. The Labute approximate surface area is 114 Å². The number of aromatic nitrogens is 1. The van der Waals surface area contributed by atoms with Gasteiger partial charge < -0.3 is 11.1 Å². The molecule has 0 unspecified atom stereocenters. The second-order valence-electron chi connectivity index (χ2n) is 3.35. The molecule has 0 radical (unpaired) electrons. The first-order valence-electron chi connectivity index (χ1n) is 4.69. The van der Waals surface area contributed by atoms with Crippen LogP contribution in [0.3, 0.4) is 0 Å². The summed E-state index contributed by atoms with van der Waals surface area (Å²) in [4.78, 5) is 4.13. The molecule has 0 aliphatic rings. The van der Waals surface area contributed by atoms with Gasteiger partial charge in [0.1, 0.15) is 11.6 Å². The first kappa shape index (κ1) is 12.3. The second-order valence-corrected chi connectivity index (χ2v) is 5.06. The molecule has 0 bridgehead atoms. The topological polar surface area (TPSA) is 50.9 Å². The number of rotatable bonds is 2. The number of anilines is 3. The Kier molecular flexibility index (Phi) is 3.63. The van der Waals surface area contributed by atoms with Crippen molar-refractivity contribution in [1.29, 1.82) is 0 Å². The van der Waals surface area contributed by atoms with E-state index in [0.717, 1.165) is 10.2 Å². The number of nitrogen functional groups attached to an aromatic ring is 1. The van der Waals surface area contributed by atoms with Gasteiger partial charge in [0.05, 0.1) is 20.8 Å². The average molecular weight is 361 g/mol. The first-order valence-corrected chi connectivity index (χ1v) is 6.28. The van der Waals surface area contributed by atoms with E-state index in [1.54, 1.807) is 24.4 Å². The smallest absolute Gasteiger partial charge is 0.144 e. The largest absolute Gasteiger partial charge is 0.397 e. The standard InChI is InChI=1S/C11H8Br2FN3/c12-8-4-7(1-2-10(8)14)17-11-9(13)3-6(15)5-16-11/h1-5H,15H2,(H,16,17). The molecule has 17 heavy (non-hydrogen) atoms. The maximum Gasteiger partial charge on any atom is 0.144 e. The number of nitrogens with two attached hydrogens (primary N) is 1. The van der Waals surface area contributed by atoms with E-state index >= 15 is 0 Å². The Hall–Kier alpha value is -1.14. The molecule has 2 aromatic rings. The van der Waals surface area contributed by atoms with Crippen molar-refractivity contribution < 1.29 is 4.39 Å². The lowest BCUT2D eigenvalue weighted by Gasteiger charge is -2.08. The molecular weight excluding hydrogens is 353 g/mol. The van der Waals surface area contributed by atoms with Crippen LogP contribution in [0, 0.1) is 5.82 Å². The fourth-order valence-electron chi connectivity index (χ4n) is 1.26. The molecule has 2 rings (SSSR count). The summed E-state index contributed by atoms with van der Waals surface area (Å²) in [5.74, 6) is 0.317. The Morgan fingerprint density at radius 2 is 1.94 bits per heavy atom. The maximum atomic E-state index is 13.1. The highest BCUT2D eigenvalue weighted by Gasteiger charge is 2.04. The first-order chi connectivity index (χ1) is 8.06. The molecule has 0 spiro atoms. The highest BCUT2D eigenvalue weighted by molar-refractivity contribution is 9.10. The van der Waals surface area contributed by atoms with Crippen LogP contribution < -0.4 is 11.1 Å². The SMILES string of the molecule is Nc1cnc(Nc2ccc(F)c(Br)c2)c(Br)c1. The van der Waals surface area contributed by atoms with Crippen molar-refractivity contribution in [2.45, 2.75) is 0 Å². The minimum atomic E-state index is -0.306. The zero-order valence-electron chi connectivity index (χ0n) is 8.55. The molecule has 0 amide bonds. The van der Waals surface area contributed by atoms with Gasteiger partial charge >= 0.3 is 0 Å². The molecule has 3 N–H and O–H groups in total. The van der Waals surface area contributed by atoms with E-state index in [0.29, 0.717) is 16.0 Å². The number of nitrogens with zero attached hydrogens (tertiary/aromatic N) is 1. The molecule has 3 nitrogen and oxygen atoms in total. The van der Waals surface area contributed by atoms with E-state index in [1.165, 1.54) is 6.07 Å². The summed E-state index contributed by atoms with van der Waals surface area (Å²) in [6, 6.07) is 6.38. The monoisotopic (exact) mass is 359 g/mol. The van der Waals surface area contributed by atoms with E-state index in [4.69, 9.17) is 5.73 Å². The van der Waals surface area contributed by atoms with Gasteiger partial charge in [-0.1, -0.05) is 0 Å². The number of benzene rings is 1. The van der Waals surface area contributed by atoms with Crippen LogP contribution in [-0.2, 0) is 0 Å². The van der Waals surface area contributed by atoms with Crippen LogP contribution in [0.25, 0.3) is 0 Å². The molecule has 0 saturated heterocycles. The molecule has 88 valence electrons. The molecule has 0 atom stereocenters. The molecule has 1 aromatic heterocycles. The van der Waals surface area contributed by atoms with Crippen molar-refractivity contribution in [1.82, 2.24) is 4.98 Å². The van der Waals surface area contributed by atoms with Crippen LogP contribution in [0.4, 0.5) is 21.6 Å². The number of halogens is 3. The Balaban J connectivity index is 2.28. The fourth-order valence-corrected chi connectivity index (χ4v) is 2.10. The Morgan fingerprint density at radius 1 is 1.18 bits per heavy atom. The maximum absolute atomic E-state index is 13.1. The summed E-state index contributed by atoms with van der Waals surface area (Å²) in [5.41, 5.74) is 6.89. The van der Waals surface area contributed by atoms with Crippen LogP contribution in [-0.4, -0.2) is 4.98 Å². The number of nitrogens with one attached hydrogen (secondary N) is 1. The highest BCUT2D eigenvalue weighted by Crippen LogP contribution is 2.27. The van der Waals surface area contributed by atoms with Gasteiger partial charge in [0.25, 0.3) is 0 Å². The summed E-state index contributed by atoms with van der Waals surface area (Å²) in [5, 5.41) is 3.06. The lowest BCUT2D eigenvalue weighted by molar-refractivity contribution is 0.621. The molecule has 0 fully saturated rings. The van der Waals surface area contributed by atoms with Gasteiger partial charge in [-0.25, -0.2) is 9.37 Å². The van der Waals surface area contributed by atoms with Gasteiger partial charge in [-0.2, -0.15) is 0 Å². The molecule has 1 aromatic carbocycles. The van der Waals surface area contributed by atoms with Gasteiger partial charge in [0.2, 0.25) is 0 Å². The van der Waals surface area contributed by atoms with Crippen molar-refractivity contribution in [3.05, 3.63) is 45.2 Å². The predicted octanol–water partition coefficient (Wildman–Crippen LogP) is 4.07. The van der Waals surface area contributed by atoms with Crippen LogP contribution >= 0.6 is 31.9 Å². The van der Waals surface area contributed by atoms with E-state index in [-0.39, 0.29) is 5.82 Å². The van der Waals surface area contributed by atoms with Gasteiger partial charge in [-0.15, -0.1) is 0 Å². The van der Waals surface area contributed by atoms with Crippen molar-refractivity contribution in [2.24, 2.45) is 0 Å². The Morgan fingerprint density at radius 3 is 2.59 bits per heavy atom. The summed E-state index contributed by atoms with van der Waals surface area (Å²) in [6.07, 6.45) is 1.55. The Bertz CT molecular complexity index is 560. The molecule has 0 aliphatic carbocycles. The number of pyridine rings is 1. The lowest BCUT2D eigenvalue weighted by Crippen LogP contribution is -1.96. The second kappa shape index (κ2) is 5.01. The number of hydrogen-bond donors (Lipinski definition) is 2. The van der Waals surface area contributed by atoms with Gasteiger partial charge in [-0.3, -0.25) is 0 Å². The van der Waals surface area contributed by atoms with Crippen molar-refractivity contribution in [3.63, 3.8) is 0 Å². The van der Waals surface area contributed by atoms with Gasteiger partial charge in [0.15, 0.2) is 0 Å². The van der Waals surface area contributed by atoms with Crippen LogP contribution in [0.1, 0.15) is 0 Å². The summed E-state index contributed by atoms with van der Waals surface area (Å²) >= 11 is 6.47. The van der Waals surface area contributed by atoms with Crippen LogP contribution in [0.5, 0.6) is 0 Å². The van der Waals surface area contributed by atoms with Gasteiger partial charge in [0, 0.05) is 5.69 Å².